The molecule has 0 heterocycles. The molecule has 0 radical (unpaired) electrons. The summed E-state index contributed by atoms with van der Waals surface area (Å²) in [6.07, 6.45) is -0.844. The zero-order valence-corrected chi connectivity index (χ0v) is 9.34. The van der Waals surface area contributed by atoms with Crippen molar-refractivity contribution < 1.29 is 29.3 Å². The molecule has 2 N–H and O–H groups in total. The van der Waals surface area contributed by atoms with Crippen LogP contribution in [0.3, 0.4) is 0 Å². The number of hydrogen-bond donors (Lipinski definition) is 2. The number of benzene rings is 1. The molecule has 0 saturated carbocycles. The summed E-state index contributed by atoms with van der Waals surface area (Å²) in [6, 6.07) is 3.74. The number of aromatic carboxylic acids is 2. The zero-order valence-electron chi connectivity index (χ0n) is 9.34. The highest BCUT2D eigenvalue weighted by molar-refractivity contribution is 5.94. The van der Waals surface area contributed by atoms with Crippen molar-refractivity contribution in [1.82, 2.24) is 0 Å². The van der Waals surface area contributed by atoms with E-state index in [2.05, 4.69) is 0 Å². The molecule has 0 spiro atoms. The zero-order chi connectivity index (χ0) is 13.0. The van der Waals surface area contributed by atoms with Crippen molar-refractivity contribution >= 4 is 11.9 Å². The highest BCUT2D eigenvalue weighted by Gasteiger charge is 2.20. The molecule has 0 atom stereocenters. The smallest absolute Gasteiger partial charge is 0.336 e. The van der Waals surface area contributed by atoms with E-state index in [1.54, 1.807) is 0 Å². The average molecular weight is 240 g/mol. The van der Waals surface area contributed by atoms with Gasteiger partial charge in [0.2, 0.25) is 0 Å². The Morgan fingerprint density at radius 3 is 2.12 bits per heavy atom. The maximum atomic E-state index is 11.0. The van der Waals surface area contributed by atoms with Crippen LogP contribution in [0.2, 0.25) is 0 Å². The first-order valence-corrected chi connectivity index (χ1v) is 4.67. The SMILES string of the molecule is COC(OC)c1ccc(C(=O)O)cc1C(=O)O. The van der Waals surface area contributed by atoms with Crippen molar-refractivity contribution in [2.75, 3.05) is 14.2 Å². The normalized spacial score (nSPS) is 10.5. The van der Waals surface area contributed by atoms with E-state index in [0.29, 0.717) is 0 Å². The molecule has 1 rings (SSSR count). The summed E-state index contributed by atoms with van der Waals surface area (Å²) in [4.78, 5) is 21.8. The molecule has 0 saturated heterocycles. The Bertz CT molecular complexity index is 436. The van der Waals surface area contributed by atoms with Gasteiger partial charge < -0.3 is 19.7 Å². The van der Waals surface area contributed by atoms with Crippen molar-refractivity contribution in [1.29, 1.82) is 0 Å². The minimum Gasteiger partial charge on any atom is -0.478 e. The lowest BCUT2D eigenvalue weighted by atomic mass is 10.0. The minimum absolute atomic E-state index is 0.0999. The van der Waals surface area contributed by atoms with Crippen LogP contribution in [0.25, 0.3) is 0 Å². The molecule has 6 nitrogen and oxygen atoms in total. The molecule has 1 aromatic carbocycles. The van der Waals surface area contributed by atoms with Gasteiger partial charge in [0.15, 0.2) is 6.29 Å². The van der Waals surface area contributed by atoms with Crippen LogP contribution in [0.1, 0.15) is 32.6 Å². The molecule has 92 valence electrons. The maximum Gasteiger partial charge on any atom is 0.336 e. The van der Waals surface area contributed by atoms with E-state index in [9.17, 15) is 9.59 Å². The van der Waals surface area contributed by atoms with Crippen LogP contribution in [-0.4, -0.2) is 36.4 Å². The molecule has 0 aromatic heterocycles. The first-order chi connectivity index (χ1) is 8.01. The lowest BCUT2D eigenvalue weighted by Gasteiger charge is -2.16. The third kappa shape index (κ3) is 2.80. The molecule has 0 unspecified atom stereocenters. The van der Waals surface area contributed by atoms with Crippen LogP contribution in [-0.2, 0) is 9.47 Å². The fourth-order valence-electron chi connectivity index (χ4n) is 1.43. The Morgan fingerprint density at radius 2 is 1.71 bits per heavy atom. The van der Waals surface area contributed by atoms with E-state index in [0.717, 1.165) is 6.07 Å². The molecular weight excluding hydrogens is 228 g/mol. The molecular formula is C11H12O6. The summed E-state index contributed by atoms with van der Waals surface area (Å²) >= 11 is 0. The Kier molecular flexibility index (Phi) is 4.19. The summed E-state index contributed by atoms with van der Waals surface area (Å²) in [5.74, 6) is -2.42. The van der Waals surface area contributed by atoms with Crippen LogP contribution in [0.15, 0.2) is 18.2 Å². The predicted molar refractivity (Wildman–Crippen MR) is 57.1 cm³/mol. The van der Waals surface area contributed by atoms with Gasteiger partial charge in [-0.3, -0.25) is 0 Å². The van der Waals surface area contributed by atoms with Gasteiger partial charge in [0.05, 0.1) is 11.1 Å². The van der Waals surface area contributed by atoms with Gasteiger partial charge in [-0.05, 0) is 12.1 Å². The molecule has 1 aromatic rings. The minimum atomic E-state index is -1.23. The molecule has 0 aliphatic heterocycles. The largest absolute Gasteiger partial charge is 0.478 e. The number of carbonyl (C=O) groups is 2. The third-order valence-electron chi connectivity index (χ3n) is 2.21. The summed E-state index contributed by atoms with van der Waals surface area (Å²) in [5, 5.41) is 17.8. The highest BCUT2D eigenvalue weighted by atomic mass is 16.7. The molecule has 6 heteroatoms. The second kappa shape index (κ2) is 5.42. The second-order valence-corrected chi connectivity index (χ2v) is 3.22. The fraction of sp³-hybridized carbons (Fsp3) is 0.273. The second-order valence-electron chi connectivity index (χ2n) is 3.22. The number of methoxy groups -OCH3 is 2. The molecule has 0 aliphatic carbocycles. The van der Waals surface area contributed by atoms with Gasteiger partial charge in [-0.1, -0.05) is 6.07 Å². The first-order valence-electron chi connectivity index (χ1n) is 4.67. The van der Waals surface area contributed by atoms with Crippen LogP contribution in [0, 0.1) is 0 Å². The maximum absolute atomic E-state index is 11.0. The van der Waals surface area contributed by atoms with Crippen LogP contribution < -0.4 is 0 Å². The van der Waals surface area contributed by atoms with Crippen LogP contribution in [0.5, 0.6) is 0 Å². The number of carboxylic acid groups (broad SMARTS) is 2. The third-order valence-corrected chi connectivity index (χ3v) is 2.21. The first kappa shape index (κ1) is 13.1. The lowest BCUT2D eigenvalue weighted by Crippen LogP contribution is -2.12. The van der Waals surface area contributed by atoms with Gasteiger partial charge in [-0.15, -0.1) is 0 Å². The molecule has 17 heavy (non-hydrogen) atoms. The quantitative estimate of drug-likeness (QED) is 0.755. The van der Waals surface area contributed by atoms with Crippen molar-refractivity contribution in [3.8, 4) is 0 Å². The lowest BCUT2D eigenvalue weighted by molar-refractivity contribution is -0.106. The highest BCUT2D eigenvalue weighted by Crippen LogP contribution is 2.23. The summed E-state index contributed by atoms with van der Waals surface area (Å²) in [6.45, 7) is 0. The van der Waals surface area contributed by atoms with Gasteiger partial charge >= 0.3 is 11.9 Å². The van der Waals surface area contributed by atoms with E-state index in [1.807, 2.05) is 0 Å². The predicted octanol–water partition coefficient (Wildman–Crippen LogP) is 1.37. The van der Waals surface area contributed by atoms with E-state index >= 15 is 0 Å². The number of carboxylic acids is 2. The van der Waals surface area contributed by atoms with Crippen molar-refractivity contribution in [3.63, 3.8) is 0 Å². The topological polar surface area (TPSA) is 93.1 Å². The number of rotatable bonds is 5. The summed E-state index contributed by atoms with van der Waals surface area (Å²) in [7, 11) is 2.73. The van der Waals surface area contributed by atoms with E-state index < -0.39 is 18.2 Å². The van der Waals surface area contributed by atoms with Crippen LogP contribution in [0.4, 0.5) is 0 Å². The standard InChI is InChI=1S/C11H12O6/c1-16-11(17-2)7-4-3-6(9(12)13)5-8(7)10(14)15/h3-5,11H,1-2H3,(H,12,13)(H,14,15). The molecule has 0 aliphatic rings. The average Bonchev–Trinajstić information content (AvgIpc) is 2.30. The summed E-state index contributed by atoms with van der Waals surface area (Å²) < 4.78 is 9.89. The monoisotopic (exact) mass is 240 g/mol. The number of hydrogen-bond acceptors (Lipinski definition) is 4. The Morgan fingerprint density at radius 1 is 1.12 bits per heavy atom. The fourth-order valence-corrected chi connectivity index (χ4v) is 1.43. The van der Waals surface area contributed by atoms with Gasteiger partial charge in [-0.2, -0.15) is 0 Å². The van der Waals surface area contributed by atoms with Crippen molar-refractivity contribution in [3.05, 3.63) is 34.9 Å². The Hall–Kier alpha value is -1.92. The van der Waals surface area contributed by atoms with E-state index in [4.69, 9.17) is 19.7 Å². The van der Waals surface area contributed by atoms with Gasteiger partial charge in [0, 0.05) is 19.8 Å². The molecule has 0 amide bonds. The van der Waals surface area contributed by atoms with Gasteiger partial charge in [0.1, 0.15) is 0 Å². The van der Waals surface area contributed by atoms with Crippen molar-refractivity contribution in [2.24, 2.45) is 0 Å². The molecule has 0 fully saturated rings. The number of ether oxygens (including phenoxy) is 2. The van der Waals surface area contributed by atoms with Gasteiger partial charge in [-0.25, -0.2) is 9.59 Å². The Labute approximate surface area is 97.4 Å². The summed E-state index contributed by atoms with van der Waals surface area (Å²) in [5.41, 5.74) is 0.0169. The van der Waals surface area contributed by atoms with E-state index in [-0.39, 0.29) is 16.7 Å². The van der Waals surface area contributed by atoms with Gasteiger partial charge in [0.25, 0.3) is 0 Å². The molecule has 0 bridgehead atoms. The van der Waals surface area contributed by atoms with E-state index in [1.165, 1.54) is 26.4 Å². The van der Waals surface area contributed by atoms with Crippen LogP contribution >= 0.6 is 0 Å². The Balaban J connectivity index is 3.31. The van der Waals surface area contributed by atoms with Crippen molar-refractivity contribution in [2.45, 2.75) is 6.29 Å².